The number of allylic oxidation sites excluding steroid dienone is 3. The van der Waals surface area contributed by atoms with Gasteiger partial charge in [0, 0.05) is 17.1 Å². The van der Waals surface area contributed by atoms with Crippen molar-refractivity contribution in [1.29, 1.82) is 15.8 Å². The van der Waals surface area contributed by atoms with E-state index in [0.29, 0.717) is 21.8 Å². The van der Waals surface area contributed by atoms with E-state index in [-0.39, 0.29) is 24.2 Å². The molecule has 0 heterocycles. The number of hydrogen-bond donors (Lipinski definition) is 0. The van der Waals surface area contributed by atoms with E-state index < -0.39 is 5.97 Å². The Morgan fingerprint density at radius 2 is 1.53 bits per heavy atom. The zero-order valence-corrected chi connectivity index (χ0v) is 17.3. The van der Waals surface area contributed by atoms with Crippen LogP contribution in [0.15, 0.2) is 76.7 Å². The van der Waals surface area contributed by atoms with Crippen molar-refractivity contribution in [2.24, 2.45) is 0 Å². The first-order chi connectivity index (χ1) is 14.6. The maximum absolute atomic E-state index is 12.4. The second-order valence-corrected chi connectivity index (χ2v) is 7.09. The van der Waals surface area contributed by atoms with Crippen LogP contribution in [-0.2, 0) is 15.3 Å². The van der Waals surface area contributed by atoms with Gasteiger partial charge in [-0.1, -0.05) is 60.7 Å². The number of nitrogens with zero attached hydrogens (tertiary/aromatic N) is 3. The van der Waals surface area contributed by atoms with Crippen LogP contribution >= 0.6 is 11.8 Å². The van der Waals surface area contributed by atoms with Gasteiger partial charge in [-0.25, -0.2) is 4.79 Å². The third-order valence-corrected chi connectivity index (χ3v) is 5.29. The molecule has 0 saturated carbocycles. The zero-order chi connectivity index (χ0) is 21.8. The van der Waals surface area contributed by atoms with Crippen LogP contribution in [0, 0.1) is 34.0 Å². The maximum atomic E-state index is 12.4. The van der Waals surface area contributed by atoms with Gasteiger partial charge in [-0.2, -0.15) is 15.8 Å². The highest BCUT2D eigenvalue weighted by molar-refractivity contribution is 8.02. The molecule has 0 spiro atoms. The molecule has 2 rings (SSSR count). The smallest absolute Gasteiger partial charge is 0.349 e. The molecule has 30 heavy (non-hydrogen) atoms. The molecule has 6 heteroatoms. The monoisotopic (exact) mass is 413 g/mol. The van der Waals surface area contributed by atoms with E-state index in [1.54, 1.807) is 31.2 Å². The summed E-state index contributed by atoms with van der Waals surface area (Å²) >= 11 is 1.33. The van der Waals surface area contributed by atoms with Gasteiger partial charge in [-0.3, -0.25) is 0 Å². The van der Waals surface area contributed by atoms with Crippen LogP contribution < -0.4 is 0 Å². The van der Waals surface area contributed by atoms with E-state index in [9.17, 15) is 20.6 Å². The van der Waals surface area contributed by atoms with E-state index >= 15 is 0 Å². The molecule has 2 aromatic rings. The molecule has 0 aliphatic carbocycles. The minimum absolute atomic E-state index is 0.0554. The number of thioether (sulfide) groups is 1. The fraction of sp³-hybridized carbons (Fsp3) is 0.167. The Morgan fingerprint density at radius 1 is 0.933 bits per heavy atom. The van der Waals surface area contributed by atoms with Gasteiger partial charge in [-0.15, -0.1) is 11.8 Å². The summed E-state index contributed by atoms with van der Waals surface area (Å²) in [7, 11) is 0. The lowest BCUT2D eigenvalue weighted by molar-refractivity contribution is -0.138. The number of ether oxygens (including phenoxy) is 1. The molecule has 148 valence electrons. The highest BCUT2D eigenvalue weighted by atomic mass is 32.2. The van der Waals surface area contributed by atoms with E-state index in [2.05, 4.69) is 0 Å². The molecule has 0 atom stereocenters. The summed E-state index contributed by atoms with van der Waals surface area (Å²) in [6.45, 7) is 1.81. The Hall–Kier alpha value is -3.79. The van der Waals surface area contributed by atoms with Crippen LogP contribution in [0.2, 0.25) is 0 Å². The second kappa shape index (κ2) is 11.9. The molecule has 0 saturated heterocycles. The van der Waals surface area contributed by atoms with Crippen molar-refractivity contribution in [3.8, 4) is 18.2 Å². The highest BCUT2D eigenvalue weighted by Gasteiger charge is 2.21. The van der Waals surface area contributed by atoms with Gasteiger partial charge < -0.3 is 4.74 Å². The van der Waals surface area contributed by atoms with E-state index in [4.69, 9.17) is 4.74 Å². The number of nitriles is 3. The quantitative estimate of drug-likeness (QED) is 0.337. The fourth-order valence-corrected chi connectivity index (χ4v) is 3.73. The normalized spacial score (nSPS) is 10.6. The first-order valence-electron chi connectivity index (χ1n) is 9.20. The first-order valence-corrected chi connectivity index (χ1v) is 10.2. The third-order valence-electron chi connectivity index (χ3n) is 4.11. The van der Waals surface area contributed by atoms with Crippen molar-refractivity contribution in [2.45, 2.75) is 19.1 Å². The minimum atomic E-state index is -0.710. The second-order valence-electron chi connectivity index (χ2n) is 6.02. The number of rotatable bonds is 8. The standard InChI is InChI=1S/C24H19N3O2S/c1-2-29-24(28)22(16-27)23(30-17-18-9-5-3-6-10-18)13-21(20(14-25)15-26)19-11-7-4-8-12-19/h3-12H,2,13,17H2,1H3. The molecule has 0 aliphatic heterocycles. The van der Waals surface area contributed by atoms with Gasteiger partial charge in [0.2, 0.25) is 0 Å². The van der Waals surface area contributed by atoms with Crippen LogP contribution in [-0.4, -0.2) is 12.6 Å². The van der Waals surface area contributed by atoms with Gasteiger partial charge in [0.25, 0.3) is 0 Å². The van der Waals surface area contributed by atoms with Crippen molar-refractivity contribution >= 4 is 23.3 Å². The Labute approximate surface area is 180 Å². The topological polar surface area (TPSA) is 97.7 Å². The Balaban J connectivity index is 2.53. The molecule has 0 unspecified atom stereocenters. The summed E-state index contributed by atoms with van der Waals surface area (Å²) < 4.78 is 5.05. The average molecular weight is 414 g/mol. The predicted molar refractivity (Wildman–Crippen MR) is 116 cm³/mol. The molecule has 0 fully saturated rings. The van der Waals surface area contributed by atoms with Gasteiger partial charge in [0.15, 0.2) is 0 Å². The fourth-order valence-electron chi connectivity index (χ4n) is 2.68. The SMILES string of the molecule is CCOC(=O)C(C#N)=C(CC(=C(C#N)C#N)c1ccccc1)SCc1ccccc1. The molecule has 2 aromatic carbocycles. The third kappa shape index (κ3) is 6.11. The van der Waals surface area contributed by atoms with Crippen molar-refractivity contribution in [3.63, 3.8) is 0 Å². The van der Waals surface area contributed by atoms with Crippen molar-refractivity contribution in [1.82, 2.24) is 0 Å². The van der Waals surface area contributed by atoms with Crippen molar-refractivity contribution in [3.05, 3.63) is 87.8 Å². The maximum Gasteiger partial charge on any atom is 0.349 e. The number of hydrogen-bond acceptors (Lipinski definition) is 6. The lowest BCUT2D eigenvalue weighted by atomic mass is 9.96. The van der Waals surface area contributed by atoms with Gasteiger partial charge >= 0.3 is 5.97 Å². The van der Waals surface area contributed by atoms with Crippen LogP contribution in [0.4, 0.5) is 0 Å². The number of carbonyl (C=O) groups is 1. The molecule has 0 aliphatic rings. The lowest BCUT2D eigenvalue weighted by Crippen LogP contribution is -2.09. The molecule has 5 nitrogen and oxygen atoms in total. The van der Waals surface area contributed by atoms with Crippen LogP contribution in [0.25, 0.3) is 5.57 Å². The zero-order valence-electron chi connectivity index (χ0n) is 16.5. The van der Waals surface area contributed by atoms with Crippen LogP contribution in [0.3, 0.4) is 0 Å². The molecule has 0 N–H and O–H groups in total. The van der Waals surface area contributed by atoms with Gasteiger partial charge in [0.1, 0.15) is 29.4 Å². The molecule has 0 bridgehead atoms. The van der Waals surface area contributed by atoms with Crippen LogP contribution in [0.5, 0.6) is 0 Å². The minimum Gasteiger partial charge on any atom is -0.462 e. The van der Waals surface area contributed by atoms with E-state index in [0.717, 1.165) is 5.56 Å². The average Bonchev–Trinajstić information content (AvgIpc) is 2.79. The Morgan fingerprint density at radius 3 is 2.07 bits per heavy atom. The molecule has 0 aromatic heterocycles. The number of esters is 1. The highest BCUT2D eigenvalue weighted by Crippen LogP contribution is 2.35. The summed E-state index contributed by atoms with van der Waals surface area (Å²) in [4.78, 5) is 12.9. The van der Waals surface area contributed by atoms with Gasteiger partial charge in [-0.05, 0) is 23.6 Å². The Kier molecular flexibility index (Phi) is 8.94. The summed E-state index contributed by atoms with van der Waals surface area (Å²) in [6.07, 6.45) is 0.0969. The van der Waals surface area contributed by atoms with Gasteiger partial charge in [0.05, 0.1) is 6.61 Å². The molecule has 0 radical (unpaired) electrons. The Bertz CT molecular complexity index is 1050. The summed E-state index contributed by atoms with van der Waals surface area (Å²) in [6, 6.07) is 24.5. The van der Waals surface area contributed by atoms with E-state index in [1.807, 2.05) is 54.6 Å². The molecular weight excluding hydrogens is 394 g/mol. The summed E-state index contributed by atoms with van der Waals surface area (Å²) in [5.74, 6) is -0.185. The van der Waals surface area contributed by atoms with Crippen LogP contribution in [0.1, 0.15) is 24.5 Å². The largest absolute Gasteiger partial charge is 0.462 e. The lowest BCUT2D eigenvalue weighted by Gasteiger charge is -2.14. The number of carbonyl (C=O) groups excluding carboxylic acids is 1. The number of benzene rings is 2. The molecule has 0 amide bonds. The summed E-state index contributed by atoms with van der Waals surface area (Å²) in [5, 5.41) is 28.6. The predicted octanol–water partition coefficient (Wildman–Crippen LogP) is 5.15. The van der Waals surface area contributed by atoms with Crippen molar-refractivity contribution in [2.75, 3.05) is 6.61 Å². The van der Waals surface area contributed by atoms with Crippen molar-refractivity contribution < 1.29 is 9.53 Å². The first kappa shape index (κ1) is 22.5. The van der Waals surface area contributed by atoms with E-state index in [1.165, 1.54) is 11.8 Å². The summed E-state index contributed by atoms with van der Waals surface area (Å²) in [5.41, 5.74) is 2.01. The molecular formula is C24H19N3O2S.